The summed E-state index contributed by atoms with van der Waals surface area (Å²) in [6, 6.07) is 5.33. The van der Waals surface area contributed by atoms with Crippen LogP contribution in [0, 0.1) is 11.6 Å². The Morgan fingerprint density at radius 2 is 1.98 bits per heavy atom. The Morgan fingerprint density at radius 1 is 1.19 bits per heavy atom. The molecular weight excluding hydrogens is 556 g/mol. The van der Waals surface area contributed by atoms with E-state index in [4.69, 9.17) is 4.74 Å². The first kappa shape index (κ1) is 29.3. The predicted molar refractivity (Wildman–Crippen MR) is 161 cm³/mol. The number of aromatic nitrogens is 1. The number of carbonyl (C=O) groups is 2. The van der Waals surface area contributed by atoms with E-state index in [1.807, 2.05) is 6.92 Å². The Hall–Kier alpha value is -3.77. The van der Waals surface area contributed by atoms with Crippen molar-refractivity contribution in [3.05, 3.63) is 53.6 Å². The van der Waals surface area contributed by atoms with Crippen LogP contribution in [0.3, 0.4) is 0 Å². The van der Waals surface area contributed by atoms with Crippen molar-refractivity contribution >= 4 is 34.8 Å². The number of likely N-dealkylation sites (tertiary alicyclic amines) is 1. The average molecular weight is 596 g/mol. The van der Waals surface area contributed by atoms with Crippen molar-refractivity contribution in [3.63, 3.8) is 0 Å². The number of nitrogens with zero attached hydrogens (tertiary/aromatic N) is 5. The molecule has 1 aromatic carbocycles. The number of pyridine rings is 1. The van der Waals surface area contributed by atoms with Gasteiger partial charge in [-0.3, -0.25) is 14.5 Å². The molecule has 2 aromatic rings. The Morgan fingerprint density at radius 3 is 2.65 bits per heavy atom. The van der Waals surface area contributed by atoms with Gasteiger partial charge in [0, 0.05) is 69.1 Å². The molecule has 2 N–H and O–H groups in total. The topological polar surface area (TPSA) is 93.3 Å². The van der Waals surface area contributed by atoms with Crippen LogP contribution in [-0.2, 0) is 16.1 Å². The normalized spacial score (nSPS) is 24.3. The number of fused-ring (bicyclic) bond motifs is 1. The fourth-order valence-corrected chi connectivity index (χ4v) is 6.66. The lowest BCUT2D eigenvalue weighted by molar-refractivity contribution is -0.129. The third-order valence-electron chi connectivity index (χ3n) is 9.38. The predicted octanol–water partition coefficient (Wildman–Crippen LogP) is 3.26. The smallest absolute Gasteiger partial charge is 0.255 e. The lowest BCUT2D eigenvalue weighted by atomic mass is 9.98. The first-order chi connectivity index (χ1) is 20.7. The van der Waals surface area contributed by atoms with Crippen LogP contribution in [0.25, 0.3) is 0 Å². The van der Waals surface area contributed by atoms with E-state index in [0.29, 0.717) is 30.5 Å². The molecule has 43 heavy (non-hydrogen) atoms. The average Bonchev–Trinajstić information content (AvgIpc) is 3.36. The molecule has 2 amide bonds. The molecule has 0 aliphatic carbocycles. The second kappa shape index (κ2) is 11.7. The van der Waals surface area contributed by atoms with Gasteiger partial charge in [0.25, 0.3) is 5.91 Å². The Balaban J connectivity index is 1.24. The minimum atomic E-state index is -0.579. The van der Waals surface area contributed by atoms with Gasteiger partial charge in [0.1, 0.15) is 11.6 Å². The molecule has 0 bridgehead atoms. The van der Waals surface area contributed by atoms with Crippen molar-refractivity contribution in [1.29, 1.82) is 0 Å². The lowest BCUT2D eigenvalue weighted by Crippen LogP contribution is -2.59. The molecule has 230 valence electrons. The third-order valence-corrected chi connectivity index (χ3v) is 9.38. The van der Waals surface area contributed by atoms with E-state index in [1.54, 1.807) is 29.0 Å². The zero-order valence-corrected chi connectivity index (χ0v) is 24.9. The number of rotatable bonds is 7. The van der Waals surface area contributed by atoms with Crippen LogP contribution in [0.15, 0.2) is 30.9 Å². The molecular formula is C31H39F2N7O3. The summed E-state index contributed by atoms with van der Waals surface area (Å²) in [6.45, 7) is 12.0. The van der Waals surface area contributed by atoms with Crippen LogP contribution in [0.5, 0.6) is 0 Å². The maximum atomic E-state index is 15.8. The van der Waals surface area contributed by atoms with Gasteiger partial charge < -0.3 is 30.1 Å². The fraction of sp³-hybridized carbons (Fsp3) is 0.516. The molecule has 3 atom stereocenters. The highest BCUT2D eigenvalue weighted by molar-refractivity contribution is 6.03. The van der Waals surface area contributed by atoms with Gasteiger partial charge >= 0.3 is 0 Å². The second-order valence-corrected chi connectivity index (χ2v) is 12.0. The van der Waals surface area contributed by atoms with Crippen molar-refractivity contribution in [2.75, 3.05) is 61.6 Å². The van der Waals surface area contributed by atoms with Crippen molar-refractivity contribution in [2.45, 2.75) is 57.4 Å². The molecule has 4 aliphatic heterocycles. The summed E-state index contributed by atoms with van der Waals surface area (Å²) >= 11 is 0. The van der Waals surface area contributed by atoms with Crippen LogP contribution >= 0.6 is 0 Å². The van der Waals surface area contributed by atoms with Gasteiger partial charge in [0.2, 0.25) is 5.91 Å². The molecule has 6 rings (SSSR count). The number of ether oxygens (including phenoxy) is 1. The maximum Gasteiger partial charge on any atom is 0.255 e. The summed E-state index contributed by atoms with van der Waals surface area (Å²) in [5.41, 5.74) is 1.25. The van der Waals surface area contributed by atoms with Gasteiger partial charge in [-0.05, 0) is 51.0 Å². The highest BCUT2D eigenvalue weighted by Crippen LogP contribution is 2.36. The van der Waals surface area contributed by atoms with E-state index in [-0.39, 0.29) is 59.2 Å². The van der Waals surface area contributed by atoms with Crippen molar-refractivity contribution in [2.24, 2.45) is 0 Å². The van der Waals surface area contributed by atoms with Gasteiger partial charge in [-0.25, -0.2) is 13.8 Å². The molecule has 5 heterocycles. The number of hydrogen-bond donors (Lipinski definition) is 2. The molecule has 3 saturated heterocycles. The summed E-state index contributed by atoms with van der Waals surface area (Å²) in [5.74, 6) is -1.34. The van der Waals surface area contributed by atoms with Gasteiger partial charge in [-0.15, -0.1) is 0 Å². The molecule has 0 unspecified atom stereocenters. The number of anilines is 4. The molecule has 1 aromatic heterocycles. The second-order valence-electron chi connectivity index (χ2n) is 12.0. The van der Waals surface area contributed by atoms with Crippen LogP contribution < -0.4 is 20.4 Å². The van der Waals surface area contributed by atoms with E-state index in [9.17, 15) is 9.59 Å². The van der Waals surface area contributed by atoms with Crippen LogP contribution in [-0.4, -0.2) is 97.2 Å². The van der Waals surface area contributed by atoms with Crippen LogP contribution in [0.2, 0.25) is 0 Å². The van der Waals surface area contributed by atoms with Crippen LogP contribution in [0.4, 0.5) is 31.8 Å². The number of likely N-dealkylation sites (N-methyl/N-ethyl adjacent to an activating group) is 1. The minimum Gasteiger partial charge on any atom is -0.378 e. The number of nitrogens with one attached hydrogen (secondary N) is 2. The standard InChI is InChI=1S/C31H39F2N7O3/c1-5-26(41)40-15-21(8-6-18(40)2)37(4)30-28(33)23-13-34-31(42)27(23)29(36-30)35-20-7-9-25(24(32)12-20)39-11-10-38(14-19(39)3)22-16-43-17-22/h5,7,9,12,18-19,21-22H,1,6,8,10-11,13-17H2,2-4H3,(H,34,42)(H,35,36)/t18-,19-,21+/m0/s1. The molecule has 10 nitrogen and oxygen atoms in total. The number of halogens is 2. The first-order valence-electron chi connectivity index (χ1n) is 15.0. The Bertz CT molecular complexity index is 1430. The minimum absolute atomic E-state index is 0.0327. The lowest BCUT2D eigenvalue weighted by Gasteiger charge is -2.46. The summed E-state index contributed by atoms with van der Waals surface area (Å²) in [6.07, 6.45) is 2.78. The monoisotopic (exact) mass is 595 g/mol. The van der Waals surface area contributed by atoms with Gasteiger partial charge in [0.15, 0.2) is 11.6 Å². The summed E-state index contributed by atoms with van der Waals surface area (Å²) in [5, 5.41) is 5.79. The number of amides is 2. The van der Waals surface area contributed by atoms with Crippen molar-refractivity contribution in [1.82, 2.24) is 20.1 Å². The van der Waals surface area contributed by atoms with Crippen LogP contribution in [0.1, 0.15) is 42.6 Å². The highest BCUT2D eigenvalue weighted by Gasteiger charge is 2.36. The maximum absolute atomic E-state index is 15.8. The van der Waals surface area contributed by atoms with Gasteiger partial charge in [-0.1, -0.05) is 6.58 Å². The van der Waals surface area contributed by atoms with E-state index in [1.165, 1.54) is 12.1 Å². The fourth-order valence-electron chi connectivity index (χ4n) is 6.66. The van der Waals surface area contributed by atoms with E-state index < -0.39 is 11.7 Å². The largest absolute Gasteiger partial charge is 0.378 e. The van der Waals surface area contributed by atoms with E-state index >= 15 is 8.78 Å². The number of carbonyl (C=O) groups excluding carboxylic acids is 2. The van der Waals surface area contributed by atoms with Gasteiger partial charge in [0.05, 0.1) is 30.5 Å². The summed E-state index contributed by atoms with van der Waals surface area (Å²) < 4.78 is 36.7. The quantitative estimate of drug-likeness (QED) is 0.472. The molecule has 0 spiro atoms. The third kappa shape index (κ3) is 5.42. The Labute approximate surface area is 250 Å². The van der Waals surface area contributed by atoms with Gasteiger partial charge in [-0.2, -0.15) is 0 Å². The zero-order chi connectivity index (χ0) is 30.4. The Kier molecular flexibility index (Phi) is 7.99. The molecule has 3 fully saturated rings. The molecule has 4 aliphatic rings. The molecule has 0 radical (unpaired) electrons. The summed E-state index contributed by atoms with van der Waals surface area (Å²) in [4.78, 5) is 37.7. The highest BCUT2D eigenvalue weighted by atomic mass is 19.1. The van der Waals surface area contributed by atoms with Crippen molar-refractivity contribution < 1.29 is 23.1 Å². The molecule has 0 saturated carbocycles. The van der Waals surface area contributed by atoms with E-state index in [2.05, 4.69) is 38.9 Å². The zero-order valence-electron chi connectivity index (χ0n) is 24.9. The first-order valence-corrected chi connectivity index (χ1v) is 15.0. The number of hydrogen-bond acceptors (Lipinski definition) is 8. The molecule has 12 heteroatoms. The number of benzene rings is 1. The number of piperidine rings is 1. The summed E-state index contributed by atoms with van der Waals surface area (Å²) in [7, 11) is 1.75. The van der Waals surface area contributed by atoms with E-state index in [0.717, 1.165) is 39.1 Å². The van der Waals surface area contributed by atoms with Crippen molar-refractivity contribution in [3.8, 4) is 0 Å². The number of piperazine rings is 1. The SMILES string of the molecule is C=CC(=O)N1C[C@H](N(C)c2nc(Nc3ccc(N4CCN(C5COC5)C[C@@H]4C)c(F)c3)c3c(c2F)CNC3=O)CC[C@@H]1C.